The van der Waals surface area contributed by atoms with Crippen molar-refractivity contribution in [2.45, 2.75) is 57.7 Å². The number of likely N-dealkylation sites (tertiary alicyclic amines) is 1. The third kappa shape index (κ3) is 4.03. The summed E-state index contributed by atoms with van der Waals surface area (Å²) in [5.41, 5.74) is 2.71. The summed E-state index contributed by atoms with van der Waals surface area (Å²) in [6.45, 7) is 10.3. The van der Waals surface area contributed by atoms with Crippen LogP contribution in [0.4, 0.5) is 5.69 Å². The van der Waals surface area contributed by atoms with E-state index in [2.05, 4.69) is 46.5 Å². The van der Waals surface area contributed by atoms with E-state index in [-0.39, 0.29) is 0 Å². The number of anilines is 1. The Morgan fingerprint density at radius 2 is 1.97 bits per heavy atom. The first-order valence-corrected chi connectivity index (χ1v) is 12.0. The van der Waals surface area contributed by atoms with E-state index in [1.165, 1.54) is 31.4 Å². The molecule has 5 rings (SSSR count). The predicted octanol–water partition coefficient (Wildman–Crippen LogP) is 3.79. The second kappa shape index (κ2) is 8.36. The van der Waals surface area contributed by atoms with Gasteiger partial charge in [-0.15, -0.1) is 11.3 Å². The molecule has 7 heteroatoms. The van der Waals surface area contributed by atoms with E-state index >= 15 is 0 Å². The van der Waals surface area contributed by atoms with Gasteiger partial charge in [0.2, 0.25) is 6.79 Å². The Bertz CT molecular complexity index is 872. The summed E-state index contributed by atoms with van der Waals surface area (Å²) in [6.07, 6.45) is 4.87. The molecule has 0 atom stereocenters. The molecular formula is C23H32N4O2S. The van der Waals surface area contributed by atoms with Crippen LogP contribution in [0.1, 0.15) is 43.3 Å². The standard InChI is InChI=1S/C23H32N4O2S/c1-17-25-18(15-30-17)14-27(20-3-4-21-22(13-20)29-16-28-21)19-5-11-26(12-6-19)23(2)7-9-24-10-8-23/h3-4,13,15,19,24H,5-12,14,16H2,1-2H3. The summed E-state index contributed by atoms with van der Waals surface area (Å²) in [4.78, 5) is 10.0. The van der Waals surface area contributed by atoms with Gasteiger partial charge in [0.25, 0.3) is 0 Å². The number of nitrogens with one attached hydrogen (secondary N) is 1. The maximum absolute atomic E-state index is 5.66. The Hall–Kier alpha value is -1.83. The van der Waals surface area contributed by atoms with Crippen molar-refractivity contribution in [3.05, 3.63) is 34.3 Å². The summed E-state index contributed by atoms with van der Waals surface area (Å²) >= 11 is 1.73. The first-order chi connectivity index (χ1) is 14.6. The van der Waals surface area contributed by atoms with Crippen LogP contribution in [-0.4, -0.2) is 54.4 Å². The third-order valence-corrected chi connectivity index (χ3v) is 7.86. The number of thiazole rings is 1. The number of nitrogens with zero attached hydrogens (tertiary/aromatic N) is 3. The van der Waals surface area contributed by atoms with Crippen molar-refractivity contribution < 1.29 is 9.47 Å². The molecule has 0 unspecified atom stereocenters. The third-order valence-electron chi connectivity index (χ3n) is 7.04. The van der Waals surface area contributed by atoms with Gasteiger partial charge in [0.1, 0.15) is 0 Å². The molecule has 0 bridgehead atoms. The van der Waals surface area contributed by atoms with Gasteiger partial charge in [-0.05, 0) is 64.8 Å². The average Bonchev–Trinajstić information content (AvgIpc) is 3.40. The van der Waals surface area contributed by atoms with Crippen molar-refractivity contribution in [3.63, 3.8) is 0 Å². The minimum absolute atomic E-state index is 0.315. The van der Waals surface area contributed by atoms with E-state index in [1.807, 2.05) is 6.07 Å². The second-order valence-corrected chi connectivity index (χ2v) is 10.1. The van der Waals surface area contributed by atoms with Crippen LogP contribution in [0.3, 0.4) is 0 Å². The molecule has 1 aromatic heterocycles. The van der Waals surface area contributed by atoms with Crippen molar-refractivity contribution in [3.8, 4) is 11.5 Å². The summed E-state index contributed by atoms with van der Waals surface area (Å²) in [5, 5.41) is 6.84. The molecule has 0 radical (unpaired) electrons. The van der Waals surface area contributed by atoms with Gasteiger partial charge in [-0.3, -0.25) is 4.90 Å². The molecule has 0 saturated carbocycles. The molecule has 3 aliphatic rings. The van der Waals surface area contributed by atoms with Crippen LogP contribution < -0.4 is 19.7 Å². The highest BCUT2D eigenvalue weighted by Gasteiger charge is 2.37. The Morgan fingerprint density at radius 3 is 2.70 bits per heavy atom. The van der Waals surface area contributed by atoms with E-state index in [0.717, 1.165) is 54.9 Å². The number of piperidine rings is 2. The molecule has 162 valence electrons. The lowest BCUT2D eigenvalue weighted by molar-refractivity contribution is 0.0482. The molecule has 1 N–H and O–H groups in total. The predicted molar refractivity (Wildman–Crippen MR) is 121 cm³/mol. The minimum Gasteiger partial charge on any atom is -0.454 e. The Kier molecular flexibility index (Phi) is 5.60. The first kappa shape index (κ1) is 20.1. The monoisotopic (exact) mass is 428 g/mol. The van der Waals surface area contributed by atoms with E-state index in [0.29, 0.717) is 18.4 Å². The van der Waals surface area contributed by atoms with Crippen molar-refractivity contribution in [2.75, 3.05) is 37.9 Å². The average molecular weight is 429 g/mol. The highest BCUT2D eigenvalue weighted by atomic mass is 32.1. The largest absolute Gasteiger partial charge is 0.454 e. The first-order valence-electron chi connectivity index (χ1n) is 11.1. The van der Waals surface area contributed by atoms with E-state index < -0.39 is 0 Å². The highest BCUT2D eigenvalue weighted by Crippen LogP contribution is 2.38. The molecular weight excluding hydrogens is 396 g/mol. The Morgan fingerprint density at radius 1 is 1.20 bits per heavy atom. The molecule has 2 fully saturated rings. The Labute approximate surface area is 183 Å². The number of aromatic nitrogens is 1. The zero-order valence-electron chi connectivity index (χ0n) is 18.0. The van der Waals surface area contributed by atoms with E-state index in [1.54, 1.807) is 11.3 Å². The molecule has 3 aliphatic heterocycles. The summed E-state index contributed by atoms with van der Waals surface area (Å²) in [6, 6.07) is 6.87. The molecule has 0 spiro atoms. The van der Waals surface area contributed by atoms with Crippen LogP contribution in [-0.2, 0) is 6.54 Å². The number of rotatable bonds is 5. The maximum atomic E-state index is 5.66. The van der Waals surface area contributed by atoms with Crippen LogP contribution >= 0.6 is 11.3 Å². The van der Waals surface area contributed by atoms with Gasteiger partial charge in [0, 0.05) is 41.8 Å². The number of aryl methyl sites for hydroxylation is 1. The number of hydrogen-bond acceptors (Lipinski definition) is 7. The molecule has 1 aromatic carbocycles. The second-order valence-electron chi connectivity index (χ2n) is 8.99. The number of fused-ring (bicyclic) bond motifs is 1. The number of hydrogen-bond donors (Lipinski definition) is 1. The molecule has 30 heavy (non-hydrogen) atoms. The number of ether oxygens (including phenoxy) is 2. The van der Waals surface area contributed by atoms with Gasteiger partial charge in [-0.25, -0.2) is 4.98 Å². The fourth-order valence-corrected chi connectivity index (χ4v) is 5.75. The SMILES string of the molecule is Cc1nc(CN(c2ccc3c(c2)OCO3)C2CCN(C3(C)CCNCC3)CC2)cs1. The van der Waals surface area contributed by atoms with Crippen molar-refractivity contribution in [1.29, 1.82) is 0 Å². The van der Waals surface area contributed by atoms with Gasteiger partial charge < -0.3 is 19.7 Å². The number of benzene rings is 1. The van der Waals surface area contributed by atoms with E-state index in [4.69, 9.17) is 14.5 Å². The fourth-order valence-electron chi connectivity index (χ4n) is 5.15. The molecule has 0 aliphatic carbocycles. The lowest BCUT2D eigenvalue weighted by atomic mass is 9.86. The van der Waals surface area contributed by atoms with Crippen molar-refractivity contribution >= 4 is 17.0 Å². The van der Waals surface area contributed by atoms with Crippen LogP contribution in [0.25, 0.3) is 0 Å². The molecule has 2 aromatic rings. The normalized spacial score (nSPS) is 21.7. The van der Waals surface area contributed by atoms with Crippen LogP contribution in [0.5, 0.6) is 11.5 Å². The maximum Gasteiger partial charge on any atom is 0.231 e. The van der Waals surface area contributed by atoms with Crippen LogP contribution in [0.2, 0.25) is 0 Å². The summed E-state index contributed by atoms with van der Waals surface area (Å²) < 4.78 is 11.2. The van der Waals surface area contributed by atoms with Gasteiger partial charge in [0.15, 0.2) is 11.5 Å². The quantitative estimate of drug-likeness (QED) is 0.782. The smallest absolute Gasteiger partial charge is 0.231 e. The molecule has 6 nitrogen and oxygen atoms in total. The zero-order chi connectivity index (χ0) is 20.6. The van der Waals surface area contributed by atoms with Gasteiger partial charge in [-0.2, -0.15) is 0 Å². The zero-order valence-corrected chi connectivity index (χ0v) is 18.8. The topological polar surface area (TPSA) is 49.9 Å². The van der Waals surface area contributed by atoms with Gasteiger partial charge in [-0.1, -0.05) is 0 Å². The van der Waals surface area contributed by atoms with Crippen molar-refractivity contribution in [1.82, 2.24) is 15.2 Å². The molecule has 2 saturated heterocycles. The highest BCUT2D eigenvalue weighted by molar-refractivity contribution is 7.09. The van der Waals surface area contributed by atoms with Gasteiger partial charge >= 0.3 is 0 Å². The lowest BCUT2D eigenvalue weighted by Crippen LogP contribution is -2.57. The van der Waals surface area contributed by atoms with Gasteiger partial charge in [0.05, 0.1) is 17.2 Å². The summed E-state index contributed by atoms with van der Waals surface area (Å²) in [7, 11) is 0. The van der Waals surface area contributed by atoms with Crippen LogP contribution in [0, 0.1) is 6.92 Å². The minimum atomic E-state index is 0.315. The fraction of sp³-hybridized carbons (Fsp3) is 0.609. The Balaban J connectivity index is 1.34. The van der Waals surface area contributed by atoms with Crippen LogP contribution in [0.15, 0.2) is 23.6 Å². The molecule has 4 heterocycles. The van der Waals surface area contributed by atoms with E-state index in [9.17, 15) is 0 Å². The molecule has 0 amide bonds. The lowest BCUT2D eigenvalue weighted by Gasteiger charge is -2.49. The summed E-state index contributed by atoms with van der Waals surface area (Å²) in [5.74, 6) is 1.70. The van der Waals surface area contributed by atoms with Crippen molar-refractivity contribution in [2.24, 2.45) is 0 Å².